The molecule has 0 aliphatic rings. The number of aromatic nitrogens is 2. The van der Waals surface area contributed by atoms with Crippen molar-refractivity contribution in [3.8, 4) is 0 Å². The zero-order valence-electron chi connectivity index (χ0n) is 5.64. The second-order valence-electron chi connectivity index (χ2n) is 1.88. The predicted octanol–water partition coefficient (Wildman–Crippen LogP) is 1.47. The highest BCUT2D eigenvalue weighted by Crippen LogP contribution is 2.12. The number of nitrogens with zero attached hydrogens (tertiary/aromatic N) is 2. The average molecular weight is 175 g/mol. The van der Waals surface area contributed by atoms with E-state index in [0.717, 1.165) is 6.33 Å². The van der Waals surface area contributed by atoms with Gasteiger partial charge in [0.25, 0.3) is 0 Å². The van der Waals surface area contributed by atoms with Crippen molar-refractivity contribution in [2.24, 2.45) is 0 Å². The van der Waals surface area contributed by atoms with Gasteiger partial charge in [0.05, 0.1) is 0 Å². The van der Waals surface area contributed by atoms with Crippen LogP contribution in [-0.2, 0) is 0 Å². The molecule has 0 atom stereocenters. The van der Waals surface area contributed by atoms with E-state index in [1.165, 1.54) is 6.92 Å². The molecule has 1 aromatic rings. The molecule has 0 fully saturated rings. The Morgan fingerprint density at radius 3 is 2.73 bits per heavy atom. The van der Waals surface area contributed by atoms with Gasteiger partial charge in [-0.3, -0.25) is 4.79 Å². The quantitative estimate of drug-likeness (QED) is 0.478. The molecule has 0 aromatic carbocycles. The molecular formula is C6H4ClFN2O. The Kier molecular flexibility index (Phi) is 2.14. The Hall–Kier alpha value is -1.03. The van der Waals surface area contributed by atoms with Crippen LogP contribution in [0.25, 0.3) is 0 Å². The smallest absolute Gasteiger partial charge is 0.189 e. The molecule has 0 amide bonds. The molecule has 1 aromatic heterocycles. The Labute approximate surface area is 67.2 Å². The first kappa shape index (κ1) is 8.07. The maximum atomic E-state index is 12.8. The molecule has 0 saturated heterocycles. The molecule has 0 bridgehead atoms. The number of hydrogen-bond acceptors (Lipinski definition) is 3. The number of hydrogen-bond donors (Lipinski definition) is 0. The van der Waals surface area contributed by atoms with Crippen LogP contribution in [0.15, 0.2) is 6.33 Å². The second-order valence-corrected chi connectivity index (χ2v) is 2.24. The van der Waals surface area contributed by atoms with Crippen molar-refractivity contribution in [3.63, 3.8) is 0 Å². The SMILES string of the molecule is CC(=O)c1ncnc(Cl)c1F. The van der Waals surface area contributed by atoms with Gasteiger partial charge < -0.3 is 0 Å². The summed E-state index contributed by atoms with van der Waals surface area (Å²) in [4.78, 5) is 17.4. The molecule has 3 nitrogen and oxygen atoms in total. The first-order chi connectivity index (χ1) is 5.13. The van der Waals surface area contributed by atoms with Gasteiger partial charge in [-0.1, -0.05) is 11.6 Å². The number of halogens is 2. The molecule has 0 radical (unpaired) electrons. The Morgan fingerprint density at radius 1 is 1.64 bits per heavy atom. The van der Waals surface area contributed by atoms with Crippen LogP contribution in [0.3, 0.4) is 0 Å². The van der Waals surface area contributed by atoms with E-state index >= 15 is 0 Å². The summed E-state index contributed by atoms with van der Waals surface area (Å²) in [6, 6.07) is 0. The van der Waals surface area contributed by atoms with E-state index in [-0.39, 0.29) is 10.8 Å². The molecule has 0 aliphatic heterocycles. The van der Waals surface area contributed by atoms with E-state index in [4.69, 9.17) is 11.6 Å². The zero-order valence-corrected chi connectivity index (χ0v) is 6.39. The van der Waals surface area contributed by atoms with Crippen LogP contribution in [0.1, 0.15) is 17.4 Å². The summed E-state index contributed by atoms with van der Waals surface area (Å²) in [5.74, 6) is -1.33. The monoisotopic (exact) mass is 174 g/mol. The number of Topliss-reactive ketones (excluding diaryl/α,β-unsaturated/α-hetero) is 1. The van der Waals surface area contributed by atoms with E-state index in [0.29, 0.717) is 0 Å². The van der Waals surface area contributed by atoms with Crippen LogP contribution in [0.2, 0.25) is 5.15 Å². The third kappa shape index (κ3) is 1.51. The van der Waals surface area contributed by atoms with Crippen molar-refractivity contribution in [2.45, 2.75) is 6.92 Å². The molecule has 5 heteroatoms. The first-order valence-electron chi connectivity index (χ1n) is 2.80. The van der Waals surface area contributed by atoms with Crippen LogP contribution in [-0.4, -0.2) is 15.8 Å². The molecule has 11 heavy (non-hydrogen) atoms. The summed E-state index contributed by atoms with van der Waals surface area (Å²) in [5, 5.41) is -0.329. The van der Waals surface area contributed by atoms with Crippen molar-refractivity contribution in [1.29, 1.82) is 0 Å². The highest BCUT2D eigenvalue weighted by molar-refractivity contribution is 6.29. The van der Waals surface area contributed by atoms with Crippen LogP contribution in [0.4, 0.5) is 4.39 Å². The normalized spacial score (nSPS) is 9.73. The predicted molar refractivity (Wildman–Crippen MR) is 37.0 cm³/mol. The Bertz CT molecular complexity index is 303. The van der Waals surface area contributed by atoms with Gasteiger partial charge in [-0.15, -0.1) is 0 Å². The van der Waals surface area contributed by atoms with E-state index in [1.54, 1.807) is 0 Å². The molecule has 58 valence electrons. The lowest BCUT2D eigenvalue weighted by Crippen LogP contribution is -2.02. The zero-order chi connectivity index (χ0) is 8.43. The summed E-state index contributed by atoms with van der Waals surface area (Å²) in [6.45, 7) is 1.21. The first-order valence-corrected chi connectivity index (χ1v) is 3.17. The molecule has 1 heterocycles. The topological polar surface area (TPSA) is 42.9 Å². The summed E-state index contributed by atoms with van der Waals surface area (Å²) in [5.41, 5.74) is -0.273. The van der Waals surface area contributed by atoms with E-state index in [9.17, 15) is 9.18 Å². The minimum absolute atomic E-state index is 0.273. The third-order valence-corrected chi connectivity index (χ3v) is 1.34. The number of carbonyl (C=O) groups is 1. The molecule has 1 rings (SSSR count). The van der Waals surface area contributed by atoms with Crippen molar-refractivity contribution in [1.82, 2.24) is 9.97 Å². The van der Waals surface area contributed by atoms with Gasteiger partial charge >= 0.3 is 0 Å². The lowest BCUT2D eigenvalue weighted by Gasteiger charge is -1.96. The minimum Gasteiger partial charge on any atom is -0.293 e. The standard InChI is InChI=1S/C6H4ClFN2O/c1-3(11)5-4(8)6(7)10-2-9-5/h2H,1H3. The van der Waals surface area contributed by atoms with Crippen LogP contribution < -0.4 is 0 Å². The molecule has 0 spiro atoms. The Balaban J connectivity index is 3.27. The summed E-state index contributed by atoms with van der Waals surface area (Å²) in [6.07, 6.45) is 1.04. The number of rotatable bonds is 1. The van der Waals surface area contributed by atoms with Crippen molar-refractivity contribution in [3.05, 3.63) is 23.0 Å². The lowest BCUT2D eigenvalue weighted by molar-refractivity contribution is 0.100. The van der Waals surface area contributed by atoms with Crippen LogP contribution in [0.5, 0.6) is 0 Å². The molecule has 0 saturated carbocycles. The fourth-order valence-electron chi connectivity index (χ4n) is 0.594. The number of carbonyl (C=O) groups excluding carboxylic acids is 1. The maximum Gasteiger partial charge on any atom is 0.189 e. The van der Waals surface area contributed by atoms with Crippen molar-refractivity contribution < 1.29 is 9.18 Å². The molecule has 0 aliphatic carbocycles. The largest absolute Gasteiger partial charge is 0.293 e. The minimum atomic E-state index is -0.860. The summed E-state index contributed by atoms with van der Waals surface area (Å²) >= 11 is 5.28. The maximum absolute atomic E-state index is 12.8. The van der Waals surface area contributed by atoms with Gasteiger partial charge in [0, 0.05) is 6.92 Å². The van der Waals surface area contributed by atoms with Gasteiger partial charge in [0.1, 0.15) is 12.0 Å². The van der Waals surface area contributed by atoms with E-state index < -0.39 is 11.6 Å². The fraction of sp³-hybridized carbons (Fsp3) is 0.167. The van der Waals surface area contributed by atoms with Gasteiger partial charge in [0.15, 0.2) is 16.8 Å². The summed E-state index contributed by atoms with van der Waals surface area (Å²) in [7, 11) is 0. The summed E-state index contributed by atoms with van der Waals surface area (Å²) < 4.78 is 12.8. The lowest BCUT2D eigenvalue weighted by atomic mass is 10.3. The van der Waals surface area contributed by atoms with Gasteiger partial charge in [-0.2, -0.15) is 0 Å². The van der Waals surface area contributed by atoms with Gasteiger partial charge in [0.2, 0.25) is 0 Å². The highest BCUT2D eigenvalue weighted by Gasteiger charge is 2.12. The van der Waals surface area contributed by atoms with Gasteiger partial charge in [-0.25, -0.2) is 14.4 Å². The van der Waals surface area contributed by atoms with Crippen LogP contribution in [0, 0.1) is 5.82 Å². The van der Waals surface area contributed by atoms with Crippen molar-refractivity contribution >= 4 is 17.4 Å². The van der Waals surface area contributed by atoms with Crippen LogP contribution >= 0.6 is 11.6 Å². The van der Waals surface area contributed by atoms with Gasteiger partial charge in [-0.05, 0) is 0 Å². The van der Waals surface area contributed by atoms with E-state index in [1.807, 2.05) is 0 Å². The van der Waals surface area contributed by atoms with E-state index in [2.05, 4.69) is 9.97 Å². The fourth-order valence-corrected chi connectivity index (χ4v) is 0.727. The average Bonchev–Trinajstić information content (AvgIpc) is 1.94. The number of ketones is 1. The molecule has 0 N–H and O–H groups in total. The van der Waals surface area contributed by atoms with Crippen molar-refractivity contribution in [2.75, 3.05) is 0 Å². The third-order valence-electron chi connectivity index (χ3n) is 1.08. The molecule has 0 unspecified atom stereocenters. The second kappa shape index (κ2) is 2.92. The highest BCUT2D eigenvalue weighted by atomic mass is 35.5. The Morgan fingerprint density at radius 2 is 2.27 bits per heavy atom. The molecular weight excluding hydrogens is 171 g/mol.